The zero-order chi connectivity index (χ0) is 13.4. The average Bonchev–Trinajstić information content (AvgIpc) is 2.97. The molecule has 98 valence electrons. The van der Waals surface area contributed by atoms with Crippen molar-refractivity contribution in [1.82, 2.24) is 0 Å². The molecule has 2 aromatic rings. The number of rotatable bonds is 3. The predicted octanol–water partition coefficient (Wildman–Crippen LogP) is 2.68. The molecule has 19 heavy (non-hydrogen) atoms. The van der Waals surface area contributed by atoms with Crippen molar-refractivity contribution in [2.75, 3.05) is 11.4 Å². The maximum Gasteiger partial charge on any atom is 0.339 e. The quantitative estimate of drug-likeness (QED) is 0.922. The highest BCUT2D eigenvalue weighted by atomic mass is 19.1. The second-order valence-electron chi connectivity index (χ2n) is 4.51. The van der Waals surface area contributed by atoms with E-state index >= 15 is 0 Å². The molecular formula is C14H12FNO3. The van der Waals surface area contributed by atoms with Crippen LogP contribution in [0.3, 0.4) is 0 Å². The molecule has 2 heterocycles. The first-order valence-corrected chi connectivity index (χ1v) is 5.98. The van der Waals surface area contributed by atoms with E-state index in [0.717, 1.165) is 24.2 Å². The minimum absolute atomic E-state index is 0.157. The van der Waals surface area contributed by atoms with Gasteiger partial charge in [-0.15, -0.1) is 0 Å². The normalized spacial score (nSPS) is 13.6. The first kappa shape index (κ1) is 11.8. The molecule has 4 nitrogen and oxygen atoms in total. The Labute approximate surface area is 109 Å². The molecule has 0 spiro atoms. The Bertz CT molecular complexity index is 635. The lowest BCUT2D eigenvalue weighted by atomic mass is 10.1. The van der Waals surface area contributed by atoms with Crippen molar-refractivity contribution in [3.63, 3.8) is 0 Å². The number of furan rings is 1. The third kappa shape index (κ3) is 2.07. The average molecular weight is 261 g/mol. The van der Waals surface area contributed by atoms with Crippen LogP contribution in [0.5, 0.6) is 0 Å². The third-order valence-corrected chi connectivity index (χ3v) is 3.35. The van der Waals surface area contributed by atoms with Crippen molar-refractivity contribution in [1.29, 1.82) is 0 Å². The Balaban J connectivity index is 1.88. The topological polar surface area (TPSA) is 53.7 Å². The molecule has 3 rings (SSSR count). The fourth-order valence-electron chi connectivity index (χ4n) is 2.41. The molecule has 1 aromatic carbocycles. The van der Waals surface area contributed by atoms with Crippen LogP contribution in [0.4, 0.5) is 10.1 Å². The van der Waals surface area contributed by atoms with Crippen LogP contribution in [-0.4, -0.2) is 17.6 Å². The van der Waals surface area contributed by atoms with Gasteiger partial charge in [-0.2, -0.15) is 0 Å². The molecule has 0 unspecified atom stereocenters. The summed E-state index contributed by atoms with van der Waals surface area (Å²) in [5.41, 5.74) is 2.04. The standard InChI is InChI=1S/C14H12FNO3/c15-10-2-1-9-3-5-16(12(9)7-10)8-13-11(14(17)18)4-6-19-13/h1-2,4,6-7H,3,5,8H2,(H,17,18). The van der Waals surface area contributed by atoms with Crippen molar-refractivity contribution in [2.24, 2.45) is 0 Å². The van der Waals surface area contributed by atoms with Gasteiger partial charge < -0.3 is 14.4 Å². The van der Waals surface area contributed by atoms with E-state index in [0.29, 0.717) is 12.3 Å². The van der Waals surface area contributed by atoms with Gasteiger partial charge in [-0.3, -0.25) is 0 Å². The van der Waals surface area contributed by atoms with Crippen LogP contribution in [0.2, 0.25) is 0 Å². The molecule has 0 saturated carbocycles. The van der Waals surface area contributed by atoms with E-state index in [4.69, 9.17) is 9.52 Å². The van der Waals surface area contributed by atoms with Crippen LogP contribution in [-0.2, 0) is 13.0 Å². The van der Waals surface area contributed by atoms with Crippen LogP contribution >= 0.6 is 0 Å². The number of carbonyl (C=O) groups is 1. The van der Waals surface area contributed by atoms with Gasteiger partial charge >= 0.3 is 5.97 Å². The lowest BCUT2D eigenvalue weighted by Crippen LogP contribution is -2.20. The molecule has 1 N–H and O–H groups in total. The summed E-state index contributed by atoms with van der Waals surface area (Å²) in [5, 5.41) is 9.03. The Morgan fingerprint density at radius 3 is 3.05 bits per heavy atom. The van der Waals surface area contributed by atoms with Gasteiger partial charge in [-0.25, -0.2) is 9.18 Å². The van der Waals surface area contributed by atoms with Crippen molar-refractivity contribution >= 4 is 11.7 Å². The zero-order valence-electron chi connectivity index (χ0n) is 10.1. The van der Waals surface area contributed by atoms with E-state index in [-0.39, 0.29) is 11.4 Å². The maximum atomic E-state index is 13.3. The lowest BCUT2D eigenvalue weighted by Gasteiger charge is -2.18. The third-order valence-electron chi connectivity index (χ3n) is 3.35. The molecule has 0 fully saturated rings. The Kier molecular flexibility index (Phi) is 2.74. The number of nitrogens with zero attached hydrogens (tertiary/aromatic N) is 1. The predicted molar refractivity (Wildman–Crippen MR) is 66.8 cm³/mol. The number of carboxylic acid groups (broad SMARTS) is 1. The van der Waals surface area contributed by atoms with E-state index < -0.39 is 5.97 Å². The van der Waals surface area contributed by atoms with E-state index in [9.17, 15) is 9.18 Å². The summed E-state index contributed by atoms with van der Waals surface area (Å²) in [6, 6.07) is 6.12. The van der Waals surface area contributed by atoms with Crippen LogP contribution in [0, 0.1) is 5.82 Å². The molecule has 0 aliphatic carbocycles. The van der Waals surface area contributed by atoms with Crippen LogP contribution in [0.25, 0.3) is 0 Å². The Morgan fingerprint density at radius 2 is 2.26 bits per heavy atom. The minimum Gasteiger partial charge on any atom is -0.478 e. The summed E-state index contributed by atoms with van der Waals surface area (Å²) in [4.78, 5) is 13.0. The second-order valence-corrected chi connectivity index (χ2v) is 4.51. The Morgan fingerprint density at radius 1 is 1.42 bits per heavy atom. The van der Waals surface area contributed by atoms with Crippen LogP contribution in [0.1, 0.15) is 21.7 Å². The molecule has 1 aromatic heterocycles. The summed E-state index contributed by atoms with van der Waals surface area (Å²) in [6.07, 6.45) is 2.19. The number of anilines is 1. The van der Waals surface area contributed by atoms with Crippen LogP contribution in [0.15, 0.2) is 34.9 Å². The van der Waals surface area contributed by atoms with Crippen molar-refractivity contribution in [2.45, 2.75) is 13.0 Å². The van der Waals surface area contributed by atoms with Gasteiger partial charge in [0, 0.05) is 12.2 Å². The lowest BCUT2D eigenvalue weighted by molar-refractivity contribution is 0.0694. The number of halogens is 1. The van der Waals surface area contributed by atoms with Gasteiger partial charge in [0.15, 0.2) is 0 Å². The van der Waals surface area contributed by atoms with Gasteiger partial charge in [-0.1, -0.05) is 6.07 Å². The van der Waals surface area contributed by atoms with Gasteiger partial charge in [0.1, 0.15) is 17.1 Å². The number of hydrogen-bond donors (Lipinski definition) is 1. The number of aromatic carboxylic acids is 1. The minimum atomic E-state index is -1.01. The summed E-state index contributed by atoms with van der Waals surface area (Å²) in [7, 11) is 0. The molecule has 0 bridgehead atoms. The molecule has 0 radical (unpaired) electrons. The van der Waals surface area contributed by atoms with Crippen molar-refractivity contribution in [3.05, 3.63) is 53.2 Å². The highest BCUT2D eigenvalue weighted by Crippen LogP contribution is 2.30. The number of benzene rings is 1. The molecule has 0 saturated heterocycles. The monoisotopic (exact) mass is 261 g/mol. The highest BCUT2D eigenvalue weighted by Gasteiger charge is 2.23. The zero-order valence-corrected chi connectivity index (χ0v) is 10.1. The molecular weight excluding hydrogens is 249 g/mol. The van der Waals surface area contributed by atoms with Gasteiger partial charge in [0.25, 0.3) is 0 Å². The largest absolute Gasteiger partial charge is 0.478 e. The summed E-state index contributed by atoms with van der Waals surface area (Å²) in [6.45, 7) is 1.07. The summed E-state index contributed by atoms with van der Waals surface area (Å²) in [5.74, 6) is -0.907. The van der Waals surface area contributed by atoms with Gasteiger partial charge in [-0.05, 0) is 30.2 Å². The fraction of sp³-hybridized carbons (Fsp3) is 0.214. The smallest absolute Gasteiger partial charge is 0.339 e. The number of hydrogen-bond acceptors (Lipinski definition) is 3. The van der Waals surface area contributed by atoms with E-state index in [1.165, 1.54) is 24.5 Å². The number of carboxylic acids is 1. The van der Waals surface area contributed by atoms with Crippen LogP contribution < -0.4 is 4.90 Å². The first-order valence-electron chi connectivity index (χ1n) is 5.98. The summed E-state index contributed by atoms with van der Waals surface area (Å²) >= 11 is 0. The maximum absolute atomic E-state index is 13.3. The molecule has 5 heteroatoms. The highest BCUT2D eigenvalue weighted by molar-refractivity contribution is 5.88. The van der Waals surface area contributed by atoms with E-state index in [2.05, 4.69) is 0 Å². The number of fused-ring (bicyclic) bond motifs is 1. The van der Waals surface area contributed by atoms with Crippen molar-refractivity contribution < 1.29 is 18.7 Å². The van der Waals surface area contributed by atoms with E-state index in [1.54, 1.807) is 6.07 Å². The Hall–Kier alpha value is -2.30. The second kappa shape index (κ2) is 4.42. The first-order chi connectivity index (χ1) is 9.15. The fourth-order valence-corrected chi connectivity index (χ4v) is 2.41. The van der Waals surface area contributed by atoms with Crippen molar-refractivity contribution in [3.8, 4) is 0 Å². The molecule has 0 amide bonds. The van der Waals surface area contributed by atoms with E-state index in [1.807, 2.05) is 4.90 Å². The molecule has 1 aliphatic rings. The SMILES string of the molecule is O=C(O)c1ccoc1CN1CCc2ccc(F)cc21. The van der Waals surface area contributed by atoms with Gasteiger partial charge in [0.05, 0.1) is 12.8 Å². The van der Waals surface area contributed by atoms with Gasteiger partial charge in [0.2, 0.25) is 0 Å². The molecule has 0 atom stereocenters. The summed E-state index contributed by atoms with van der Waals surface area (Å²) < 4.78 is 18.5. The molecule has 1 aliphatic heterocycles.